The Kier molecular flexibility index (Phi) is 7.32. The van der Waals surface area contributed by atoms with Crippen LogP contribution in [0.1, 0.15) is 22.2 Å². The predicted octanol–water partition coefficient (Wildman–Crippen LogP) is 5.54. The minimum atomic E-state index is -0.528. The Hall–Kier alpha value is -3.29. The summed E-state index contributed by atoms with van der Waals surface area (Å²) in [5.74, 6) is 1.20. The van der Waals surface area contributed by atoms with Crippen molar-refractivity contribution in [2.45, 2.75) is 16.8 Å². The van der Waals surface area contributed by atoms with Crippen LogP contribution < -0.4 is 10.1 Å². The molecule has 4 rings (SSSR count). The molecule has 0 spiro atoms. The second kappa shape index (κ2) is 10.6. The summed E-state index contributed by atoms with van der Waals surface area (Å²) >= 11 is 7.58. The van der Waals surface area contributed by atoms with Crippen molar-refractivity contribution in [2.75, 3.05) is 12.4 Å². The van der Waals surface area contributed by atoms with Gasteiger partial charge in [-0.05, 0) is 29.3 Å². The summed E-state index contributed by atoms with van der Waals surface area (Å²) in [7, 11) is 3.47. The van der Waals surface area contributed by atoms with E-state index in [-0.39, 0.29) is 5.91 Å². The topological polar surface area (TPSA) is 69.0 Å². The molecule has 0 saturated heterocycles. The van der Waals surface area contributed by atoms with Gasteiger partial charge in [-0.3, -0.25) is 4.79 Å². The fraction of sp³-hybridized carbons (Fsp3) is 0.160. The molecular formula is C25H23ClN4O2S. The fourth-order valence-corrected chi connectivity index (χ4v) is 4.62. The van der Waals surface area contributed by atoms with Crippen molar-refractivity contribution in [2.24, 2.45) is 7.05 Å². The highest BCUT2D eigenvalue weighted by Gasteiger charge is 2.25. The number of carbonyl (C=O) groups is 1. The molecule has 0 fully saturated rings. The Labute approximate surface area is 202 Å². The lowest BCUT2D eigenvalue weighted by atomic mass is 10.1. The van der Waals surface area contributed by atoms with Crippen LogP contribution in [0.4, 0.5) is 5.69 Å². The smallest absolute Gasteiger partial charge is 0.242 e. The predicted molar refractivity (Wildman–Crippen MR) is 132 cm³/mol. The van der Waals surface area contributed by atoms with E-state index in [1.165, 1.54) is 11.8 Å². The number of carbonyl (C=O) groups excluding carboxylic acids is 1. The number of anilines is 1. The zero-order valence-corrected chi connectivity index (χ0v) is 19.8. The van der Waals surface area contributed by atoms with Crippen molar-refractivity contribution in [3.8, 4) is 5.75 Å². The molecule has 1 atom stereocenters. The highest BCUT2D eigenvalue weighted by Crippen LogP contribution is 2.36. The summed E-state index contributed by atoms with van der Waals surface area (Å²) in [5.41, 5.74) is 2.61. The minimum Gasteiger partial charge on any atom is -0.495 e. The van der Waals surface area contributed by atoms with E-state index in [1.54, 1.807) is 25.3 Å². The molecule has 0 aliphatic carbocycles. The molecule has 0 bridgehead atoms. The third-order valence-corrected chi connectivity index (χ3v) is 6.70. The average Bonchev–Trinajstić information content (AvgIpc) is 3.17. The summed E-state index contributed by atoms with van der Waals surface area (Å²) in [6.45, 7) is 0. The third kappa shape index (κ3) is 5.56. The van der Waals surface area contributed by atoms with E-state index in [4.69, 9.17) is 16.3 Å². The Morgan fingerprint density at radius 2 is 1.76 bits per heavy atom. The summed E-state index contributed by atoms with van der Waals surface area (Å²) in [4.78, 5) is 13.3. The van der Waals surface area contributed by atoms with Crippen LogP contribution in [0.3, 0.4) is 0 Å². The van der Waals surface area contributed by atoms with E-state index >= 15 is 0 Å². The van der Waals surface area contributed by atoms with Crippen LogP contribution in [0.25, 0.3) is 0 Å². The van der Waals surface area contributed by atoms with E-state index in [0.717, 1.165) is 17.0 Å². The van der Waals surface area contributed by atoms with Crippen LogP contribution in [-0.2, 0) is 18.3 Å². The van der Waals surface area contributed by atoms with E-state index in [1.807, 2.05) is 60.1 Å². The van der Waals surface area contributed by atoms with Crippen molar-refractivity contribution in [1.29, 1.82) is 0 Å². The van der Waals surface area contributed by atoms with Crippen molar-refractivity contribution < 1.29 is 9.53 Å². The fourth-order valence-electron chi connectivity index (χ4n) is 3.34. The highest BCUT2D eigenvalue weighted by molar-refractivity contribution is 8.00. The molecule has 1 N–H and O–H groups in total. The molecule has 0 aliphatic rings. The molecule has 1 amide bonds. The van der Waals surface area contributed by atoms with E-state index in [0.29, 0.717) is 28.0 Å². The van der Waals surface area contributed by atoms with E-state index < -0.39 is 5.25 Å². The van der Waals surface area contributed by atoms with Gasteiger partial charge in [-0.15, -0.1) is 10.2 Å². The molecule has 168 valence electrons. The van der Waals surface area contributed by atoms with Crippen LogP contribution in [0.15, 0.2) is 84.0 Å². The van der Waals surface area contributed by atoms with Crippen molar-refractivity contribution >= 4 is 35.0 Å². The van der Waals surface area contributed by atoms with Crippen LogP contribution >= 0.6 is 23.4 Å². The summed E-state index contributed by atoms with van der Waals surface area (Å²) in [6.07, 6.45) is 0.664. The van der Waals surface area contributed by atoms with Gasteiger partial charge in [-0.2, -0.15) is 0 Å². The molecule has 0 radical (unpaired) electrons. The van der Waals surface area contributed by atoms with Gasteiger partial charge in [0.1, 0.15) is 16.8 Å². The number of nitrogens with zero attached hydrogens (tertiary/aromatic N) is 3. The molecule has 1 aromatic heterocycles. The van der Waals surface area contributed by atoms with Crippen LogP contribution in [0.2, 0.25) is 5.02 Å². The van der Waals surface area contributed by atoms with Crippen LogP contribution in [0.5, 0.6) is 5.75 Å². The number of rotatable bonds is 8. The molecule has 0 unspecified atom stereocenters. The minimum absolute atomic E-state index is 0.181. The first kappa shape index (κ1) is 22.9. The van der Waals surface area contributed by atoms with E-state index in [2.05, 4.69) is 27.6 Å². The van der Waals surface area contributed by atoms with Gasteiger partial charge < -0.3 is 14.6 Å². The highest BCUT2D eigenvalue weighted by atomic mass is 35.5. The molecule has 33 heavy (non-hydrogen) atoms. The lowest BCUT2D eigenvalue weighted by Gasteiger charge is -2.17. The van der Waals surface area contributed by atoms with Gasteiger partial charge >= 0.3 is 0 Å². The van der Waals surface area contributed by atoms with Gasteiger partial charge in [-0.25, -0.2) is 0 Å². The number of hydrogen-bond acceptors (Lipinski definition) is 5. The maximum atomic E-state index is 13.3. The first-order valence-electron chi connectivity index (χ1n) is 10.3. The van der Waals surface area contributed by atoms with Crippen LogP contribution in [-0.4, -0.2) is 27.8 Å². The number of halogens is 1. The lowest BCUT2D eigenvalue weighted by molar-refractivity contribution is -0.115. The average molecular weight is 479 g/mol. The molecule has 0 saturated carbocycles. The zero-order chi connectivity index (χ0) is 23.2. The zero-order valence-electron chi connectivity index (χ0n) is 18.2. The Bertz CT molecular complexity index is 1230. The second-order valence-electron chi connectivity index (χ2n) is 7.37. The van der Waals surface area contributed by atoms with Gasteiger partial charge in [0.25, 0.3) is 0 Å². The lowest BCUT2D eigenvalue weighted by Crippen LogP contribution is -2.19. The maximum Gasteiger partial charge on any atom is 0.242 e. The van der Waals surface area contributed by atoms with Gasteiger partial charge in [0.05, 0.1) is 12.1 Å². The Morgan fingerprint density at radius 1 is 1.06 bits per heavy atom. The summed E-state index contributed by atoms with van der Waals surface area (Å²) in [6, 6.07) is 24.9. The number of amides is 1. The molecular weight excluding hydrogens is 456 g/mol. The Morgan fingerprint density at radius 3 is 2.42 bits per heavy atom. The normalized spacial score (nSPS) is 11.7. The van der Waals surface area contributed by atoms with Gasteiger partial charge in [0.2, 0.25) is 5.91 Å². The van der Waals surface area contributed by atoms with Crippen molar-refractivity contribution in [1.82, 2.24) is 14.8 Å². The number of benzene rings is 3. The van der Waals surface area contributed by atoms with Gasteiger partial charge in [0, 0.05) is 19.2 Å². The van der Waals surface area contributed by atoms with Crippen molar-refractivity contribution in [3.63, 3.8) is 0 Å². The number of methoxy groups -OCH3 is 1. The van der Waals surface area contributed by atoms with Gasteiger partial charge in [-0.1, -0.05) is 84.0 Å². The Balaban J connectivity index is 1.57. The molecule has 6 nitrogen and oxygen atoms in total. The number of aromatic nitrogens is 3. The maximum absolute atomic E-state index is 13.3. The first-order chi connectivity index (χ1) is 16.0. The largest absolute Gasteiger partial charge is 0.495 e. The number of thioether (sulfide) groups is 1. The molecule has 4 aromatic rings. The quantitative estimate of drug-likeness (QED) is 0.337. The summed E-state index contributed by atoms with van der Waals surface area (Å²) < 4.78 is 7.13. The third-order valence-electron chi connectivity index (χ3n) is 5.11. The second-order valence-corrected chi connectivity index (χ2v) is 8.85. The molecule has 1 heterocycles. The molecule has 8 heteroatoms. The monoisotopic (exact) mass is 478 g/mol. The molecule has 3 aromatic carbocycles. The number of hydrogen-bond donors (Lipinski definition) is 1. The van der Waals surface area contributed by atoms with E-state index in [9.17, 15) is 4.79 Å². The van der Waals surface area contributed by atoms with Crippen molar-refractivity contribution in [3.05, 3.63) is 101 Å². The number of ether oxygens (including phenoxy) is 1. The number of nitrogens with one attached hydrogen (secondary N) is 1. The van der Waals surface area contributed by atoms with Crippen LogP contribution in [0, 0.1) is 0 Å². The molecule has 0 aliphatic heterocycles. The SMILES string of the molecule is COc1ccc(NC(=O)[C@@H](Sc2nnc(Cc3ccccc3)n2C)c2ccccc2)cc1Cl. The van der Waals surface area contributed by atoms with Gasteiger partial charge in [0.15, 0.2) is 5.16 Å². The summed E-state index contributed by atoms with van der Waals surface area (Å²) in [5, 5.41) is 12.2. The standard InChI is InChI=1S/C25H23ClN4O2S/c1-30-22(15-17-9-5-3-6-10-17)28-29-25(30)33-23(18-11-7-4-8-12-18)24(31)27-19-13-14-21(32-2)20(26)16-19/h3-14,16,23H,15H2,1-2H3,(H,27,31)/t23-/m0/s1. The first-order valence-corrected chi connectivity index (χ1v) is 11.6.